The van der Waals surface area contributed by atoms with Gasteiger partial charge in [-0.25, -0.2) is 0 Å². The number of rotatable bonds is 0. The van der Waals surface area contributed by atoms with E-state index in [9.17, 15) is 0 Å². The van der Waals surface area contributed by atoms with E-state index in [0.717, 1.165) is 0 Å². The van der Waals surface area contributed by atoms with Crippen molar-refractivity contribution in [2.45, 2.75) is 0 Å². The van der Waals surface area contributed by atoms with Gasteiger partial charge in [0.25, 0.3) is 0 Å². The smallest absolute Gasteiger partial charge is 0.0840 e. The molecule has 48 valence electrons. The van der Waals surface area contributed by atoms with Gasteiger partial charge in [-0.15, -0.1) is 0 Å². The zero-order chi connectivity index (χ0) is 12.9. The maximum atomic E-state index is 7.64. The third-order valence-electron chi connectivity index (χ3n) is 1.08. The van der Waals surface area contributed by atoms with Gasteiger partial charge in [-0.2, -0.15) is 0 Å². The number of para-hydroxylation sites is 1. The molecule has 0 spiro atoms. The monoisotopic (exact) mass is 143 g/mol. The highest BCUT2D eigenvalue weighted by Crippen LogP contribution is 2.07. The SMILES string of the molecule is [3H]c1nc2c([3H])c([3H])c([3H])c([3H])c2c([3H])c1[3H]. The summed E-state index contributed by atoms with van der Waals surface area (Å²) in [6.45, 7) is 0. The first-order valence-corrected chi connectivity index (χ1v) is 2.70. The van der Waals surface area contributed by atoms with Gasteiger partial charge in [-0.3, -0.25) is 4.98 Å². The summed E-state index contributed by atoms with van der Waals surface area (Å²) in [5, 5.41) is -0.114. The molecule has 1 nitrogen and oxygen atoms in total. The number of benzene rings is 1. The van der Waals surface area contributed by atoms with Crippen LogP contribution in [0, 0.1) is 0 Å². The van der Waals surface area contributed by atoms with E-state index in [-0.39, 0.29) is 16.9 Å². The van der Waals surface area contributed by atoms with Crippen LogP contribution in [-0.4, -0.2) is 4.98 Å². The molecular formula is C9H7N. The van der Waals surface area contributed by atoms with E-state index in [1.54, 1.807) is 0 Å². The van der Waals surface area contributed by atoms with Crippen molar-refractivity contribution in [2.24, 2.45) is 0 Å². The Morgan fingerprint density at radius 2 is 1.90 bits per heavy atom. The van der Waals surface area contributed by atoms with E-state index in [1.165, 1.54) is 0 Å². The first-order valence-electron chi connectivity index (χ1n) is 6.20. The van der Waals surface area contributed by atoms with Gasteiger partial charge in [-0.05, 0) is 12.1 Å². The number of nitrogens with zero attached hydrogens (tertiary/aromatic N) is 1. The van der Waals surface area contributed by atoms with Crippen LogP contribution in [0.4, 0.5) is 0 Å². The Hall–Kier alpha value is -1.37. The zero-order valence-corrected chi connectivity index (χ0v) is 4.95. The lowest BCUT2D eigenvalue weighted by atomic mass is 10.2. The minimum absolute atomic E-state index is 0.114. The van der Waals surface area contributed by atoms with Crippen LogP contribution in [0.15, 0.2) is 42.4 Å². The molecule has 0 aliphatic heterocycles. The summed E-state index contributed by atoms with van der Waals surface area (Å²) in [5.74, 6) is 0. The highest BCUT2D eigenvalue weighted by molar-refractivity contribution is 5.77. The Morgan fingerprint density at radius 3 is 2.90 bits per heavy atom. The van der Waals surface area contributed by atoms with Gasteiger partial charge in [0.1, 0.15) is 0 Å². The van der Waals surface area contributed by atoms with E-state index < -0.39 is 36.4 Å². The van der Waals surface area contributed by atoms with Gasteiger partial charge < -0.3 is 0 Å². The van der Waals surface area contributed by atoms with Gasteiger partial charge in [-0.1, -0.05) is 24.2 Å². The third-order valence-corrected chi connectivity index (χ3v) is 1.08. The fourth-order valence-corrected chi connectivity index (χ4v) is 0.655. The highest BCUT2D eigenvalue weighted by Gasteiger charge is 1.86. The molecule has 0 bridgehead atoms. The van der Waals surface area contributed by atoms with Crippen LogP contribution in [0.25, 0.3) is 10.9 Å². The first kappa shape index (κ1) is 1.82. The Kier molecular flexibility index (Phi) is 0.382. The van der Waals surface area contributed by atoms with Crippen LogP contribution < -0.4 is 0 Å². The fourth-order valence-electron chi connectivity index (χ4n) is 0.655. The van der Waals surface area contributed by atoms with Crippen molar-refractivity contribution in [3.05, 3.63) is 42.4 Å². The van der Waals surface area contributed by atoms with Crippen molar-refractivity contribution in [1.82, 2.24) is 4.98 Å². The minimum Gasteiger partial charge on any atom is -0.256 e. The second-order valence-electron chi connectivity index (χ2n) is 1.70. The van der Waals surface area contributed by atoms with Crippen LogP contribution in [0.1, 0.15) is 9.60 Å². The van der Waals surface area contributed by atoms with E-state index >= 15 is 0 Å². The topological polar surface area (TPSA) is 12.9 Å². The predicted molar refractivity (Wildman–Crippen MR) is 41.7 cm³/mol. The fraction of sp³-hybridized carbons (Fsp3) is 0. The molecule has 1 heteroatoms. The predicted octanol–water partition coefficient (Wildman–Crippen LogP) is 2.23. The van der Waals surface area contributed by atoms with Crippen molar-refractivity contribution in [3.63, 3.8) is 0 Å². The molecule has 0 fully saturated rings. The molecule has 1 heterocycles. The molecule has 10 heavy (non-hydrogen) atoms. The summed E-state index contributed by atoms with van der Waals surface area (Å²) in [6, 6.07) is -2.54. The molecule has 0 radical (unpaired) electrons. The Bertz CT molecular complexity index is 629. The number of pyridine rings is 1. The Morgan fingerprint density at radius 1 is 1.10 bits per heavy atom. The molecule has 0 unspecified atom stereocenters. The lowest BCUT2D eigenvalue weighted by Crippen LogP contribution is -1.73. The molecule has 2 rings (SSSR count). The minimum atomic E-state index is -0.465. The van der Waals surface area contributed by atoms with Crippen molar-refractivity contribution in [2.75, 3.05) is 0 Å². The van der Waals surface area contributed by atoms with Gasteiger partial charge in [0, 0.05) is 11.6 Å². The molecule has 0 N–H and O–H groups in total. The van der Waals surface area contributed by atoms with Gasteiger partial charge >= 0.3 is 0 Å². The molecule has 0 amide bonds. The third kappa shape index (κ3) is 0.760. The first-order chi connectivity index (χ1) is 7.86. The summed E-state index contributed by atoms with van der Waals surface area (Å²) >= 11 is 0. The van der Waals surface area contributed by atoms with Crippen LogP contribution >= 0.6 is 0 Å². The molecule has 0 aliphatic rings. The molecule has 0 atom stereocenters. The number of hydrogen-bond donors (Lipinski definition) is 0. The average molecular weight is 143 g/mol. The van der Waals surface area contributed by atoms with Crippen LogP contribution in [-0.2, 0) is 0 Å². The van der Waals surface area contributed by atoms with E-state index in [4.69, 9.17) is 9.60 Å². The maximum Gasteiger partial charge on any atom is 0.0840 e. The summed E-state index contributed by atoms with van der Waals surface area (Å²) in [6.07, 6.45) is -0.465. The Balaban J connectivity index is 3.12. The normalized spacial score (nSPS) is 19.8. The second-order valence-corrected chi connectivity index (χ2v) is 1.70. The van der Waals surface area contributed by atoms with Gasteiger partial charge in [0.15, 0.2) is 0 Å². The molecule has 0 aliphatic carbocycles. The van der Waals surface area contributed by atoms with Crippen molar-refractivity contribution in [3.8, 4) is 0 Å². The molecule has 2 aromatic rings. The van der Waals surface area contributed by atoms with E-state index in [0.29, 0.717) is 0 Å². The second kappa shape index (κ2) is 2.10. The van der Waals surface area contributed by atoms with Crippen molar-refractivity contribution >= 4 is 10.9 Å². The van der Waals surface area contributed by atoms with Crippen LogP contribution in [0.5, 0.6) is 0 Å². The lowest BCUT2D eigenvalue weighted by Gasteiger charge is -1.91. The Labute approximate surface area is 69.2 Å². The number of fused-ring (bicyclic) bond motifs is 1. The average Bonchev–Trinajstić information content (AvgIpc) is 2.30. The number of aromatic nitrogens is 1. The summed E-state index contributed by atoms with van der Waals surface area (Å²) < 4.78 is 52.6. The summed E-state index contributed by atoms with van der Waals surface area (Å²) in [4.78, 5) is 3.65. The molecule has 0 saturated heterocycles. The van der Waals surface area contributed by atoms with Gasteiger partial charge in [0.2, 0.25) is 0 Å². The van der Waals surface area contributed by atoms with E-state index in [1.807, 2.05) is 0 Å². The standard InChI is InChI=1S/C9H7N/c1-2-6-9-8(4-1)5-3-7-10-9/h1-7H/i1T,2T,3T,4T,5T,6T,7T. The summed E-state index contributed by atoms with van der Waals surface area (Å²) in [7, 11) is 0. The van der Waals surface area contributed by atoms with Crippen molar-refractivity contribution in [1.29, 1.82) is 0 Å². The number of hydrogen-bond acceptors (Lipinski definition) is 1. The highest BCUT2D eigenvalue weighted by atomic mass is 14.6. The lowest BCUT2D eigenvalue weighted by molar-refractivity contribution is 1.41. The van der Waals surface area contributed by atoms with Crippen LogP contribution in [0.3, 0.4) is 0 Å². The molecular weight excluding hydrogens is 122 g/mol. The summed E-state index contributed by atoms with van der Waals surface area (Å²) in [5.41, 5.74) is -0.137. The van der Waals surface area contributed by atoms with E-state index in [2.05, 4.69) is 4.98 Å². The molecule has 1 aromatic carbocycles. The molecule has 0 saturated carbocycles. The largest absolute Gasteiger partial charge is 0.256 e. The van der Waals surface area contributed by atoms with Crippen molar-refractivity contribution < 1.29 is 9.60 Å². The van der Waals surface area contributed by atoms with Crippen LogP contribution in [0.2, 0.25) is 0 Å². The molecule has 1 aromatic heterocycles. The quantitative estimate of drug-likeness (QED) is 0.551. The zero-order valence-electron chi connectivity index (χ0n) is 11.9. The van der Waals surface area contributed by atoms with Gasteiger partial charge in [0.05, 0.1) is 15.1 Å². The maximum absolute atomic E-state index is 7.64.